The molecule has 2 N–H and O–H groups in total. The smallest absolute Gasteiger partial charge is 0.124 e. The highest BCUT2D eigenvalue weighted by Crippen LogP contribution is 2.33. The number of benzene rings is 1. The third-order valence-electron chi connectivity index (χ3n) is 3.01. The summed E-state index contributed by atoms with van der Waals surface area (Å²) in [5.41, 5.74) is 9.35. The molecule has 0 saturated heterocycles. The van der Waals surface area contributed by atoms with Crippen molar-refractivity contribution in [2.24, 2.45) is 5.73 Å². The van der Waals surface area contributed by atoms with E-state index in [0.29, 0.717) is 12.5 Å². The lowest BCUT2D eigenvalue weighted by Gasteiger charge is -2.04. The Bertz CT molecular complexity index is 517. The van der Waals surface area contributed by atoms with Crippen molar-refractivity contribution in [1.82, 2.24) is 4.98 Å². The van der Waals surface area contributed by atoms with Crippen LogP contribution < -0.4 is 5.73 Å². The van der Waals surface area contributed by atoms with Crippen molar-refractivity contribution in [3.8, 4) is 10.6 Å². The van der Waals surface area contributed by atoms with Crippen LogP contribution in [0.1, 0.15) is 29.0 Å². The van der Waals surface area contributed by atoms with Crippen LogP contribution in [0.15, 0.2) is 24.3 Å². The average Bonchev–Trinajstić information content (AvgIpc) is 2.71. The van der Waals surface area contributed by atoms with Crippen LogP contribution in [0, 0.1) is 13.8 Å². The van der Waals surface area contributed by atoms with Crippen LogP contribution in [0.4, 0.5) is 0 Å². The molecule has 1 unspecified atom stereocenters. The second kappa shape index (κ2) is 4.98. The summed E-state index contributed by atoms with van der Waals surface area (Å²) < 4.78 is 0. The first kappa shape index (κ1) is 12.3. The van der Waals surface area contributed by atoms with E-state index in [1.807, 2.05) is 0 Å². The molecule has 2 rings (SSSR count). The van der Waals surface area contributed by atoms with Crippen molar-refractivity contribution < 1.29 is 0 Å². The Kier molecular flexibility index (Phi) is 3.60. The molecule has 90 valence electrons. The fraction of sp³-hybridized carbons (Fsp3) is 0.357. The Morgan fingerprint density at radius 2 is 2.00 bits per heavy atom. The molecule has 0 bridgehead atoms. The first-order valence-electron chi connectivity index (χ1n) is 5.87. The highest BCUT2D eigenvalue weighted by atomic mass is 32.1. The topological polar surface area (TPSA) is 38.9 Å². The highest BCUT2D eigenvalue weighted by molar-refractivity contribution is 7.15. The maximum atomic E-state index is 5.73. The molecule has 17 heavy (non-hydrogen) atoms. The van der Waals surface area contributed by atoms with Crippen LogP contribution in [0.25, 0.3) is 10.6 Å². The van der Waals surface area contributed by atoms with E-state index >= 15 is 0 Å². The highest BCUT2D eigenvalue weighted by Gasteiger charge is 2.14. The number of hydrogen-bond acceptors (Lipinski definition) is 3. The lowest BCUT2D eigenvalue weighted by atomic mass is 10.1. The van der Waals surface area contributed by atoms with E-state index in [-0.39, 0.29) is 0 Å². The summed E-state index contributed by atoms with van der Waals surface area (Å²) in [6.45, 7) is 7.02. The molecule has 1 aromatic carbocycles. The average molecular weight is 246 g/mol. The Hall–Kier alpha value is -1.19. The zero-order valence-electron chi connectivity index (χ0n) is 10.5. The zero-order chi connectivity index (χ0) is 12.4. The van der Waals surface area contributed by atoms with Crippen LogP contribution in [0.5, 0.6) is 0 Å². The van der Waals surface area contributed by atoms with Crippen molar-refractivity contribution in [3.63, 3.8) is 0 Å². The maximum Gasteiger partial charge on any atom is 0.124 e. The molecule has 1 atom stereocenters. The van der Waals surface area contributed by atoms with E-state index in [2.05, 4.69) is 50.0 Å². The van der Waals surface area contributed by atoms with Gasteiger partial charge >= 0.3 is 0 Å². The summed E-state index contributed by atoms with van der Waals surface area (Å²) in [5.74, 6) is 0.394. The lowest BCUT2D eigenvalue weighted by Crippen LogP contribution is -2.08. The molecule has 0 aliphatic carbocycles. The number of nitrogens with two attached hydrogens (primary N) is 1. The van der Waals surface area contributed by atoms with Gasteiger partial charge < -0.3 is 5.73 Å². The number of thiazole rings is 1. The Labute approximate surface area is 107 Å². The van der Waals surface area contributed by atoms with E-state index in [0.717, 1.165) is 10.7 Å². The predicted molar refractivity (Wildman–Crippen MR) is 74.5 cm³/mol. The number of nitrogens with zero attached hydrogens (tertiary/aromatic N) is 1. The predicted octanol–water partition coefficient (Wildman–Crippen LogP) is 3.49. The Balaban J connectivity index is 2.45. The minimum atomic E-state index is 0.394. The van der Waals surface area contributed by atoms with E-state index in [4.69, 9.17) is 5.73 Å². The number of rotatable bonds is 3. The molecular formula is C14H18N2S. The summed E-state index contributed by atoms with van der Waals surface area (Å²) in [4.78, 5) is 5.98. The van der Waals surface area contributed by atoms with Gasteiger partial charge in [-0.1, -0.05) is 31.2 Å². The summed E-state index contributed by atoms with van der Waals surface area (Å²) in [6, 6.07) is 8.37. The maximum absolute atomic E-state index is 5.73. The molecule has 0 spiro atoms. The summed E-state index contributed by atoms with van der Waals surface area (Å²) in [6.07, 6.45) is 0. The normalized spacial score (nSPS) is 12.7. The second-order valence-corrected chi connectivity index (χ2v) is 5.45. The van der Waals surface area contributed by atoms with Crippen molar-refractivity contribution in [2.45, 2.75) is 26.7 Å². The fourth-order valence-corrected chi connectivity index (χ4v) is 3.12. The summed E-state index contributed by atoms with van der Waals surface area (Å²) >= 11 is 1.77. The minimum Gasteiger partial charge on any atom is -0.330 e. The first-order valence-corrected chi connectivity index (χ1v) is 6.68. The van der Waals surface area contributed by atoms with Gasteiger partial charge in [-0.25, -0.2) is 4.98 Å². The Morgan fingerprint density at radius 3 is 2.65 bits per heavy atom. The quantitative estimate of drug-likeness (QED) is 0.900. The van der Waals surface area contributed by atoms with Crippen LogP contribution >= 0.6 is 11.3 Å². The van der Waals surface area contributed by atoms with Gasteiger partial charge in [0.05, 0.1) is 5.69 Å². The number of aryl methyl sites for hydroxylation is 2. The first-order chi connectivity index (χ1) is 8.13. The van der Waals surface area contributed by atoms with Crippen molar-refractivity contribution in [1.29, 1.82) is 0 Å². The van der Waals surface area contributed by atoms with E-state index in [1.54, 1.807) is 11.3 Å². The second-order valence-electron chi connectivity index (χ2n) is 4.42. The lowest BCUT2D eigenvalue weighted by molar-refractivity contribution is 0.780. The van der Waals surface area contributed by atoms with Gasteiger partial charge in [0, 0.05) is 16.4 Å². The zero-order valence-corrected chi connectivity index (χ0v) is 11.3. The number of aromatic nitrogens is 1. The van der Waals surface area contributed by atoms with E-state index in [1.165, 1.54) is 16.0 Å². The standard InChI is InChI=1S/C14H18N2S/c1-9-6-4-5-7-12(9)14-16-11(3)13(17-14)10(2)8-15/h4-7,10H,8,15H2,1-3H3. The molecule has 0 amide bonds. The van der Waals surface area contributed by atoms with Crippen LogP contribution in [0.2, 0.25) is 0 Å². The largest absolute Gasteiger partial charge is 0.330 e. The van der Waals surface area contributed by atoms with Crippen LogP contribution in [-0.2, 0) is 0 Å². The molecule has 0 aliphatic heterocycles. The van der Waals surface area contributed by atoms with E-state index in [9.17, 15) is 0 Å². The third-order valence-corrected chi connectivity index (χ3v) is 4.43. The van der Waals surface area contributed by atoms with Gasteiger partial charge in [-0.2, -0.15) is 0 Å². The molecular weight excluding hydrogens is 228 g/mol. The monoisotopic (exact) mass is 246 g/mol. The SMILES string of the molecule is Cc1ccccc1-c1nc(C)c(C(C)CN)s1. The minimum absolute atomic E-state index is 0.394. The molecule has 0 radical (unpaired) electrons. The van der Waals surface area contributed by atoms with E-state index < -0.39 is 0 Å². The van der Waals surface area contributed by atoms with Crippen molar-refractivity contribution in [3.05, 3.63) is 40.4 Å². The molecule has 0 aliphatic rings. The fourth-order valence-electron chi connectivity index (χ4n) is 1.90. The molecule has 2 aromatic rings. The third kappa shape index (κ3) is 2.40. The van der Waals surface area contributed by atoms with Crippen molar-refractivity contribution in [2.75, 3.05) is 6.54 Å². The summed E-state index contributed by atoms with van der Waals surface area (Å²) in [5, 5.41) is 1.11. The molecule has 2 nitrogen and oxygen atoms in total. The van der Waals surface area contributed by atoms with Gasteiger partial charge in [-0.3, -0.25) is 0 Å². The van der Waals surface area contributed by atoms with Gasteiger partial charge in [-0.15, -0.1) is 11.3 Å². The van der Waals surface area contributed by atoms with Gasteiger partial charge in [0.1, 0.15) is 5.01 Å². The van der Waals surface area contributed by atoms with Gasteiger partial charge in [-0.05, 0) is 26.0 Å². The molecule has 1 aromatic heterocycles. The van der Waals surface area contributed by atoms with Gasteiger partial charge in [0.15, 0.2) is 0 Å². The van der Waals surface area contributed by atoms with Gasteiger partial charge in [0.25, 0.3) is 0 Å². The molecule has 1 heterocycles. The molecule has 0 saturated carbocycles. The van der Waals surface area contributed by atoms with Crippen LogP contribution in [-0.4, -0.2) is 11.5 Å². The van der Waals surface area contributed by atoms with Crippen molar-refractivity contribution >= 4 is 11.3 Å². The van der Waals surface area contributed by atoms with Gasteiger partial charge in [0.2, 0.25) is 0 Å². The Morgan fingerprint density at radius 1 is 1.29 bits per heavy atom. The molecule has 0 fully saturated rings. The number of hydrogen-bond donors (Lipinski definition) is 1. The molecule has 3 heteroatoms. The van der Waals surface area contributed by atoms with Crippen LogP contribution in [0.3, 0.4) is 0 Å². The summed E-state index contributed by atoms with van der Waals surface area (Å²) in [7, 11) is 0.